The molecule has 5 aromatic carbocycles. The van der Waals surface area contributed by atoms with Crippen LogP contribution < -0.4 is 10.6 Å². The highest BCUT2D eigenvalue weighted by Crippen LogP contribution is 2.39. The highest BCUT2D eigenvalue weighted by molar-refractivity contribution is 6.32. The molecule has 26 heavy (non-hydrogen) atoms. The molecule has 0 saturated carbocycles. The predicted molar refractivity (Wildman–Crippen MR) is 113 cm³/mol. The number of rotatable bonds is 0. The van der Waals surface area contributed by atoms with Crippen molar-refractivity contribution >= 4 is 43.1 Å². The van der Waals surface area contributed by atoms with Crippen molar-refractivity contribution in [2.24, 2.45) is 0 Å². The Bertz CT molecular complexity index is 1010. The van der Waals surface area contributed by atoms with Gasteiger partial charge in [0.15, 0.2) is 0 Å². The van der Waals surface area contributed by atoms with Crippen LogP contribution in [0.4, 0.5) is 0 Å². The maximum atomic E-state index is 3.22. The lowest BCUT2D eigenvalue weighted by Gasteiger charge is -2.13. The fraction of sp³-hybridized carbons (Fsp3) is 0.167. The van der Waals surface area contributed by atoms with Crippen molar-refractivity contribution in [2.45, 2.75) is 0 Å². The molecule has 1 aliphatic rings. The van der Waals surface area contributed by atoms with Crippen molar-refractivity contribution < 1.29 is 0 Å². The Morgan fingerprint density at radius 1 is 0.423 bits per heavy atom. The van der Waals surface area contributed by atoms with E-state index in [1.165, 1.54) is 43.1 Å². The fourth-order valence-electron chi connectivity index (χ4n) is 4.18. The summed E-state index contributed by atoms with van der Waals surface area (Å²) in [6.07, 6.45) is 0. The monoisotopic (exact) mass is 338 g/mol. The highest BCUT2D eigenvalue weighted by Gasteiger charge is 2.11. The zero-order valence-electron chi connectivity index (χ0n) is 14.8. The van der Waals surface area contributed by atoms with E-state index in [9.17, 15) is 0 Å². The summed E-state index contributed by atoms with van der Waals surface area (Å²) in [4.78, 5) is 0. The van der Waals surface area contributed by atoms with E-state index in [0.29, 0.717) is 0 Å². The first-order chi connectivity index (χ1) is 12.9. The molecule has 0 amide bonds. The van der Waals surface area contributed by atoms with Gasteiger partial charge in [0.25, 0.3) is 0 Å². The number of nitrogens with one attached hydrogen (secondary N) is 2. The van der Waals surface area contributed by atoms with Crippen molar-refractivity contribution in [2.75, 3.05) is 26.2 Å². The molecular formula is C24H22N2. The quantitative estimate of drug-likeness (QED) is 0.309. The van der Waals surface area contributed by atoms with Gasteiger partial charge in [-0.05, 0) is 43.1 Å². The first-order valence-corrected chi connectivity index (χ1v) is 9.39. The average molecular weight is 338 g/mol. The minimum absolute atomic E-state index is 1.14. The van der Waals surface area contributed by atoms with E-state index in [-0.39, 0.29) is 0 Å². The molecule has 1 heterocycles. The van der Waals surface area contributed by atoms with Gasteiger partial charge in [0.05, 0.1) is 0 Å². The molecule has 6 rings (SSSR count). The summed E-state index contributed by atoms with van der Waals surface area (Å²) in [5, 5.41) is 17.3. The molecule has 0 aliphatic carbocycles. The maximum absolute atomic E-state index is 3.22. The summed E-state index contributed by atoms with van der Waals surface area (Å²) >= 11 is 0. The average Bonchev–Trinajstić information content (AvgIpc) is 2.73. The number of benzene rings is 5. The van der Waals surface area contributed by atoms with Crippen LogP contribution in [0.1, 0.15) is 0 Å². The van der Waals surface area contributed by atoms with Gasteiger partial charge < -0.3 is 10.6 Å². The highest BCUT2D eigenvalue weighted by atomic mass is 15.0. The Morgan fingerprint density at radius 3 is 1.00 bits per heavy atom. The summed E-state index contributed by atoms with van der Waals surface area (Å²) in [7, 11) is 0. The number of fused-ring (bicyclic) bond motifs is 2. The van der Waals surface area contributed by atoms with E-state index in [1.807, 2.05) is 0 Å². The molecule has 2 heteroatoms. The van der Waals surface area contributed by atoms with Gasteiger partial charge in [0.2, 0.25) is 0 Å². The standard InChI is InChI=1S/C20H12.C4H10N2/c1-5-13-6-2-11-17-18-12-4-8-14-7-3-10-16(20(14)18)15(9-1)19(13)17;1-2-6-4-3-5-1/h1-12H;5-6H,1-4H2. The van der Waals surface area contributed by atoms with E-state index < -0.39 is 0 Å². The molecule has 5 aromatic rings. The second-order valence-corrected chi connectivity index (χ2v) is 6.92. The molecule has 0 aromatic heterocycles. The SMILES string of the molecule is C1CNCCN1.c1cc2cccc3c4cccc5cccc(c(c1)c23)c54. The van der Waals surface area contributed by atoms with Gasteiger partial charge in [0.1, 0.15) is 0 Å². The van der Waals surface area contributed by atoms with Crippen molar-refractivity contribution in [1.29, 1.82) is 0 Å². The third-order valence-corrected chi connectivity index (χ3v) is 5.35. The summed E-state index contributed by atoms with van der Waals surface area (Å²) in [6, 6.07) is 26.4. The van der Waals surface area contributed by atoms with Crippen LogP contribution in [0.2, 0.25) is 0 Å². The topological polar surface area (TPSA) is 24.1 Å². The molecule has 1 saturated heterocycles. The van der Waals surface area contributed by atoms with Gasteiger partial charge in [-0.1, -0.05) is 72.8 Å². The van der Waals surface area contributed by atoms with Crippen LogP contribution in [0.25, 0.3) is 43.1 Å². The Hall–Kier alpha value is -2.68. The number of hydrogen-bond acceptors (Lipinski definition) is 2. The van der Waals surface area contributed by atoms with Crippen LogP contribution in [0, 0.1) is 0 Å². The van der Waals surface area contributed by atoms with Gasteiger partial charge in [-0.15, -0.1) is 0 Å². The molecule has 2 N–H and O–H groups in total. The second kappa shape index (κ2) is 6.56. The fourth-order valence-corrected chi connectivity index (χ4v) is 4.18. The minimum atomic E-state index is 1.14. The molecule has 1 fully saturated rings. The van der Waals surface area contributed by atoms with Crippen LogP contribution in [-0.2, 0) is 0 Å². The second-order valence-electron chi connectivity index (χ2n) is 6.92. The van der Waals surface area contributed by atoms with E-state index in [0.717, 1.165) is 26.2 Å². The summed E-state index contributed by atoms with van der Waals surface area (Å²) in [5.41, 5.74) is 0. The Labute approximate surface area is 153 Å². The van der Waals surface area contributed by atoms with E-state index in [2.05, 4.69) is 83.4 Å². The predicted octanol–water partition coefficient (Wildman–Crippen LogP) is 4.92. The van der Waals surface area contributed by atoms with Gasteiger partial charge in [-0.2, -0.15) is 0 Å². The maximum Gasteiger partial charge on any atom is 0.00772 e. The third-order valence-electron chi connectivity index (χ3n) is 5.35. The molecule has 0 spiro atoms. The number of piperazine rings is 1. The third kappa shape index (κ3) is 2.50. The first-order valence-electron chi connectivity index (χ1n) is 9.39. The number of hydrogen-bond donors (Lipinski definition) is 2. The molecule has 2 nitrogen and oxygen atoms in total. The normalized spacial score (nSPS) is 14.8. The molecule has 1 aliphatic heterocycles. The smallest absolute Gasteiger partial charge is 0.00772 e. The van der Waals surface area contributed by atoms with E-state index in [1.54, 1.807) is 0 Å². The first kappa shape index (κ1) is 15.6. The molecule has 0 radical (unpaired) electrons. The van der Waals surface area contributed by atoms with E-state index in [4.69, 9.17) is 0 Å². The molecular weight excluding hydrogens is 316 g/mol. The van der Waals surface area contributed by atoms with Gasteiger partial charge in [0, 0.05) is 26.2 Å². The Balaban J connectivity index is 0.000000215. The van der Waals surface area contributed by atoms with Crippen molar-refractivity contribution in [3.05, 3.63) is 72.8 Å². The van der Waals surface area contributed by atoms with Crippen molar-refractivity contribution in [3.8, 4) is 0 Å². The summed E-state index contributed by atoms with van der Waals surface area (Å²) in [6.45, 7) is 4.56. The molecule has 0 bridgehead atoms. The molecule has 0 atom stereocenters. The Kier molecular flexibility index (Phi) is 3.93. The minimum Gasteiger partial charge on any atom is -0.314 e. The lowest BCUT2D eigenvalue weighted by Crippen LogP contribution is -2.39. The van der Waals surface area contributed by atoms with Crippen LogP contribution in [-0.4, -0.2) is 26.2 Å². The zero-order valence-corrected chi connectivity index (χ0v) is 14.8. The molecule has 0 unspecified atom stereocenters. The van der Waals surface area contributed by atoms with Crippen molar-refractivity contribution in [3.63, 3.8) is 0 Å². The molecule has 128 valence electrons. The van der Waals surface area contributed by atoms with Crippen molar-refractivity contribution in [1.82, 2.24) is 10.6 Å². The summed E-state index contributed by atoms with van der Waals surface area (Å²) < 4.78 is 0. The van der Waals surface area contributed by atoms with Gasteiger partial charge in [-0.25, -0.2) is 0 Å². The largest absolute Gasteiger partial charge is 0.314 e. The van der Waals surface area contributed by atoms with Crippen LogP contribution in [0.3, 0.4) is 0 Å². The van der Waals surface area contributed by atoms with Crippen LogP contribution in [0.15, 0.2) is 72.8 Å². The van der Waals surface area contributed by atoms with Crippen LogP contribution in [0.5, 0.6) is 0 Å². The van der Waals surface area contributed by atoms with Gasteiger partial charge >= 0.3 is 0 Å². The lowest BCUT2D eigenvalue weighted by atomic mass is 9.90. The van der Waals surface area contributed by atoms with Crippen LogP contribution >= 0.6 is 0 Å². The zero-order chi connectivity index (χ0) is 17.3. The van der Waals surface area contributed by atoms with E-state index >= 15 is 0 Å². The Morgan fingerprint density at radius 2 is 0.731 bits per heavy atom. The summed E-state index contributed by atoms with van der Waals surface area (Å²) in [5.74, 6) is 0. The van der Waals surface area contributed by atoms with Gasteiger partial charge in [-0.3, -0.25) is 0 Å². The lowest BCUT2D eigenvalue weighted by molar-refractivity contribution is 0.534.